The van der Waals surface area contributed by atoms with Crippen LogP contribution >= 0.6 is 0 Å². The van der Waals surface area contributed by atoms with E-state index in [1.165, 1.54) is 18.7 Å². The number of hydrogen-bond donors (Lipinski definition) is 1. The Hall–Kier alpha value is -1.87. The molecule has 2 aromatic carbocycles. The molecule has 3 rings (SSSR count). The van der Waals surface area contributed by atoms with Gasteiger partial charge in [0.1, 0.15) is 0 Å². The Morgan fingerprint density at radius 3 is 2.81 bits per heavy atom. The molecule has 0 saturated heterocycles. The van der Waals surface area contributed by atoms with Gasteiger partial charge in [-0.1, -0.05) is 30.3 Å². The highest BCUT2D eigenvalue weighted by Gasteiger charge is 2.34. The van der Waals surface area contributed by atoms with Crippen LogP contribution in [0.1, 0.15) is 29.5 Å². The fourth-order valence-corrected chi connectivity index (χ4v) is 3.24. The summed E-state index contributed by atoms with van der Waals surface area (Å²) in [5.41, 5.74) is 2.05. The Kier molecular flexibility index (Phi) is 3.68. The van der Waals surface area contributed by atoms with E-state index in [1.807, 2.05) is 24.3 Å². The van der Waals surface area contributed by atoms with Gasteiger partial charge in [0, 0.05) is 6.42 Å². The number of aryl methyl sites for hydroxylation is 1. The molecule has 0 fully saturated rings. The molecule has 0 heterocycles. The molecule has 110 valence electrons. The van der Waals surface area contributed by atoms with E-state index < -0.39 is 5.60 Å². The third-order valence-corrected chi connectivity index (χ3v) is 4.27. The average molecular weight is 286 g/mol. The van der Waals surface area contributed by atoms with Gasteiger partial charge in [-0.25, -0.2) is 4.39 Å². The summed E-state index contributed by atoms with van der Waals surface area (Å²) >= 11 is 0. The molecule has 1 aliphatic rings. The fourth-order valence-electron chi connectivity index (χ4n) is 3.24. The van der Waals surface area contributed by atoms with Crippen molar-refractivity contribution in [3.05, 3.63) is 65.0 Å². The van der Waals surface area contributed by atoms with Gasteiger partial charge in [-0.05, 0) is 48.1 Å². The first-order valence-electron chi connectivity index (χ1n) is 7.25. The van der Waals surface area contributed by atoms with Crippen molar-refractivity contribution in [1.29, 1.82) is 0 Å². The summed E-state index contributed by atoms with van der Waals surface area (Å²) in [5, 5.41) is 11.0. The summed E-state index contributed by atoms with van der Waals surface area (Å²) in [4.78, 5) is 0. The van der Waals surface area contributed by atoms with Crippen LogP contribution in [0.15, 0.2) is 42.5 Å². The van der Waals surface area contributed by atoms with E-state index in [4.69, 9.17) is 4.74 Å². The van der Waals surface area contributed by atoms with Crippen LogP contribution in [0.5, 0.6) is 5.75 Å². The van der Waals surface area contributed by atoms with Crippen LogP contribution in [-0.4, -0.2) is 12.2 Å². The second-order valence-electron chi connectivity index (χ2n) is 5.69. The Bertz CT molecular complexity index is 653. The van der Waals surface area contributed by atoms with Gasteiger partial charge in [0.15, 0.2) is 11.6 Å². The van der Waals surface area contributed by atoms with Crippen molar-refractivity contribution in [2.75, 3.05) is 7.11 Å². The van der Waals surface area contributed by atoms with Gasteiger partial charge in [-0.2, -0.15) is 0 Å². The van der Waals surface area contributed by atoms with Crippen LogP contribution < -0.4 is 4.74 Å². The first-order chi connectivity index (χ1) is 10.1. The van der Waals surface area contributed by atoms with Crippen LogP contribution in [0.25, 0.3) is 0 Å². The molecule has 0 aromatic heterocycles. The molecular weight excluding hydrogens is 267 g/mol. The molecule has 0 spiro atoms. The minimum absolute atomic E-state index is 0.231. The lowest BCUT2D eigenvalue weighted by atomic mass is 9.76. The molecule has 21 heavy (non-hydrogen) atoms. The van der Waals surface area contributed by atoms with E-state index in [1.54, 1.807) is 6.07 Å². The van der Waals surface area contributed by atoms with Crippen LogP contribution in [0.2, 0.25) is 0 Å². The van der Waals surface area contributed by atoms with Gasteiger partial charge in [0.25, 0.3) is 0 Å². The zero-order valence-electron chi connectivity index (χ0n) is 12.1. The van der Waals surface area contributed by atoms with E-state index in [0.717, 1.165) is 24.0 Å². The lowest BCUT2D eigenvalue weighted by Gasteiger charge is -2.34. The number of halogens is 1. The second kappa shape index (κ2) is 5.49. The van der Waals surface area contributed by atoms with Crippen LogP contribution in [0.4, 0.5) is 4.39 Å². The first kappa shape index (κ1) is 14.1. The molecule has 0 saturated carbocycles. The lowest BCUT2D eigenvalue weighted by molar-refractivity contribution is 0.0190. The number of hydrogen-bond acceptors (Lipinski definition) is 2. The molecule has 0 aliphatic heterocycles. The van der Waals surface area contributed by atoms with Gasteiger partial charge in [0.05, 0.1) is 12.7 Å². The Morgan fingerprint density at radius 1 is 1.24 bits per heavy atom. The maximum absolute atomic E-state index is 13.8. The van der Waals surface area contributed by atoms with Gasteiger partial charge < -0.3 is 9.84 Å². The van der Waals surface area contributed by atoms with Crippen molar-refractivity contribution >= 4 is 0 Å². The molecule has 3 heteroatoms. The lowest BCUT2D eigenvalue weighted by Crippen LogP contribution is -2.33. The molecule has 0 amide bonds. The van der Waals surface area contributed by atoms with Gasteiger partial charge in [0.2, 0.25) is 0 Å². The number of benzene rings is 2. The van der Waals surface area contributed by atoms with E-state index in [0.29, 0.717) is 12.8 Å². The fraction of sp³-hybridized carbons (Fsp3) is 0.333. The van der Waals surface area contributed by atoms with E-state index in [-0.39, 0.29) is 11.6 Å². The Morgan fingerprint density at radius 2 is 2.05 bits per heavy atom. The number of rotatable bonds is 3. The van der Waals surface area contributed by atoms with E-state index in [9.17, 15) is 9.50 Å². The highest BCUT2D eigenvalue weighted by molar-refractivity contribution is 5.37. The maximum Gasteiger partial charge on any atom is 0.165 e. The number of aliphatic hydroxyl groups is 1. The van der Waals surface area contributed by atoms with Gasteiger partial charge in [-0.3, -0.25) is 0 Å². The molecule has 1 N–H and O–H groups in total. The van der Waals surface area contributed by atoms with Crippen molar-refractivity contribution in [1.82, 2.24) is 0 Å². The average Bonchev–Trinajstić information content (AvgIpc) is 2.48. The molecule has 2 nitrogen and oxygen atoms in total. The minimum Gasteiger partial charge on any atom is -0.494 e. The first-order valence-corrected chi connectivity index (χ1v) is 7.25. The van der Waals surface area contributed by atoms with Crippen molar-refractivity contribution in [3.63, 3.8) is 0 Å². The SMILES string of the molecule is COc1ccc(CC2(O)CCCc3ccccc32)cc1F. The smallest absolute Gasteiger partial charge is 0.165 e. The monoisotopic (exact) mass is 286 g/mol. The third kappa shape index (κ3) is 2.66. The zero-order valence-corrected chi connectivity index (χ0v) is 12.1. The Balaban J connectivity index is 1.92. The predicted octanol–water partition coefficient (Wildman–Crippen LogP) is 3.60. The van der Waals surface area contributed by atoms with E-state index in [2.05, 4.69) is 6.07 Å². The van der Waals surface area contributed by atoms with E-state index >= 15 is 0 Å². The predicted molar refractivity (Wildman–Crippen MR) is 79.9 cm³/mol. The maximum atomic E-state index is 13.8. The molecule has 1 aliphatic carbocycles. The zero-order chi connectivity index (χ0) is 14.9. The van der Waals surface area contributed by atoms with Crippen molar-refractivity contribution < 1.29 is 14.2 Å². The molecule has 1 unspecified atom stereocenters. The van der Waals surface area contributed by atoms with Crippen molar-refractivity contribution in [2.45, 2.75) is 31.3 Å². The molecule has 0 radical (unpaired) electrons. The third-order valence-electron chi connectivity index (χ3n) is 4.27. The number of fused-ring (bicyclic) bond motifs is 1. The number of methoxy groups -OCH3 is 1. The summed E-state index contributed by atoms with van der Waals surface area (Å²) in [6, 6.07) is 12.9. The summed E-state index contributed by atoms with van der Waals surface area (Å²) in [6.07, 6.45) is 3.07. The molecular formula is C18H19FO2. The van der Waals surface area contributed by atoms with Gasteiger partial charge >= 0.3 is 0 Å². The highest BCUT2D eigenvalue weighted by Crippen LogP contribution is 2.38. The van der Waals surface area contributed by atoms with Crippen LogP contribution in [0.3, 0.4) is 0 Å². The topological polar surface area (TPSA) is 29.5 Å². The van der Waals surface area contributed by atoms with Crippen LogP contribution in [0, 0.1) is 5.82 Å². The quantitative estimate of drug-likeness (QED) is 0.934. The molecule has 0 bridgehead atoms. The largest absolute Gasteiger partial charge is 0.494 e. The van der Waals surface area contributed by atoms with Crippen LogP contribution in [-0.2, 0) is 18.4 Å². The molecule has 2 aromatic rings. The highest BCUT2D eigenvalue weighted by atomic mass is 19.1. The standard InChI is InChI=1S/C18H19FO2/c1-21-17-9-8-13(11-16(17)19)12-18(20)10-4-6-14-5-2-3-7-15(14)18/h2-3,5,7-9,11,20H,4,6,10,12H2,1H3. The van der Waals surface area contributed by atoms with Gasteiger partial charge in [-0.15, -0.1) is 0 Å². The summed E-state index contributed by atoms with van der Waals surface area (Å²) in [5.74, 6) is -0.155. The summed E-state index contributed by atoms with van der Waals surface area (Å²) in [6.45, 7) is 0. The normalized spacial score (nSPS) is 20.9. The minimum atomic E-state index is -0.907. The summed E-state index contributed by atoms with van der Waals surface area (Å²) < 4.78 is 18.8. The van der Waals surface area contributed by atoms with Crippen molar-refractivity contribution in [2.24, 2.45) is 0 Å². The number of ether oxygens (including phenoxy) is 1. The molecule has 1 atom stereocenters. The van der Waals surface area contributed by atoms with Crippen molar-refractivity contribution in [3.8, 4) is 5.75 Å². The second-order valence-corrected chi connectivity index (χ2v) is 5.69. The Labute approximate surface area is 124 Å². The summed E-state index contributed by atoms with van der Waals surface area (Å²) in [7, 11) is 1.45.